The van der Waals surface area contributed by atoms with Gasteiger partial charge in [-0.3, -0.25) is 4.72 Å². The Labute approximate surface area is 177 Å². The molecule has 0 aliphatic carbocycles. The molecule has 0 fully saturated rings. The highest BCUT2D eigenvalue weighted by molar-refractivity contribution is 7.92. The SMILES string of the molecule is Cc1cc(NS(=O)(=O)c2cc(Cl)ccc2Cl)ccc1-c1cnc2ccnn2c1N. The summed E-state index contributed by atoms with van der Waals surface area (Å²) in [5, 5.41) is 4.52. The van der Waals surface area contributed by atoms with Crippen LogP contribution in [0.2, 0.25) is 10.0 Å². The van der Waals surface area contributed by atoms with Crippen molar-refractivity contribution in [1.82, 2.24) is 14.6 Å². The summed E-state index contributed by atoms with van der Waals surface area (Å²) in [7, 11) is -3.91. The molecule has 7 nitrogen and oxygen atoms in total. The molecular weight excluding hydrogens is 433 g/mol. The lowest BCUT2D eigenvalue weighted by atomic mass is 10.0. The van der Waals surface area contributed by atoms with Crippen molar-refractivity contribution in [3.63, 3.8) is 0 Å². The number of aromatic nitrogens is 3. The maximum atomic E-state index is 12.7. The Bertz CT molecular complexity index is 1350. The fourth-order valence-electron chi connectivity index (χ4n) is 3.02. The Morgan fingerprint density at radius 1 is 1.07 bits per heavy atom. The molecule has 0 bridgehead atoms. The lowest BCUT2D eigenvalue weighted by molar-refractivity contribution is 0.601. The summed E-state index contributed by atoms with van der Waals surface area (Å²) in [6.07, 6.45) is 3.29. The van der Waals surface area contributed by atoms with Gasteiger partial charge in [-0.05, 0) is 48.4 Å². The number of halogens is 2. The first-order chi connectivity index (χ1) is 13.8. The molecule has 0 spiro atoms. The maximum Gasteiger partial charge on any atom is 0.263 e. The number of fused-ring (bicyclic) bond motifs is 1. The molecular formula is C19H15Cl2N5O2S. The van der Waals surface area contributed by atoms with E-state index >= 15 is 0 Å². The van der Waals surface area contributed by atoms with E-state index < -0.39 is 10.0 Å². The van der Waals surface area contributed by atoms with Crippen molar-refractivity contribution in [2.75, 3.05) is 10.5 Å². The highest BCUT2D eigenvalue weighted by Gasteiger charge is 2.19. The van der Waals surface area contributed by atoms with E-state index in [0.29, 0.717) is 22.7 Å². The first-order valence-electron chi connectivity index (χ1n) is 8.43. The molecule has 0 amide bonds. The van der Waals surface area contributed by atoms with Crippen LogP contribution in [-0.2, 0) is 10.0 Å². The Kier molecular flexibility index (Phi) is 4.85. The van der Waals surface area contributed by atoms with Gasteiger partial charge in [0.05, 0.1) is 11.2 Å². The maximum absolute atomic E-state index is 12.7. The summed E-state index contributed by atoms with van der Waals surface area (Å²) in [5.41, 5.74) is 9.58. The van der Waals surface area contributed by atoms with E-state index in [1.807, 2.05) is 6.92 Å². The number of nitrogens with zero attached hydrogens (tertiary/aromatic N) is 3. The monoisotopic (exact) mass is 447 g/mol. The van der Waals surface area contributed by atoms with Crippen molar-refractivity contribution in [2.45, 2.75) is 11.8 Å². The topological polar surface area (TPSA) is 102 Å². The molecule has 2 aromatic carbocycles. The lowest BCUT2D eigenvalue weighted by Crippen LogP contribution is -2.13. The quantitative estimate of drug-likeness (QED) is 0.482. The standard InChI is InChI=1S/C19H15Cl2N5O2S/c1-11-8-13(25-29(27,28)17-9-12(20)2-5-16(17)21)3-4-14(11)15-10-23-18-6-7-24-26(18)19(15)22/h2-10,25H,22H2,1H3. The molecule has 2 aromatic heterocycles. The highest BCUT2D eigenvalue weighted by atomic mass is 35.5. The molecule has 0 aliphatic heterocycles. The van der Waals surface area contributed by atoms with Crippen LogP contribution in [-0.4, -0.2) is 23.0 Å². The Morgan fingerprint density at radius 3 is 2.62 bits per heavy atom. The molecule has 2 heterocycles. The Morgan fingerprint density at radius 2 is 1.86 bits per heavy atom. The van der Waals surface area contributed by atoms with Crippen LogP contribution in [0.1, 0.15) is 5.56 Å². The van der Waals surface area contributed by atoms with E-state index in [1.54, 1.807) is 41.2 Å². The first-order valence-corrected chi connectivity index (χ1v) is 10.7. The minimum absolute atomic E-state index is 0.0848. The summed E-state index contributed by atoms with van der Waals surface area (Å²) in [4.78, 5) is 4.25. The summed E-state index contributed by atoms with van der Waals surface area (Å²) in [5.74, 6) is 0.446. The zero-order valence-corrected chi connectivity index (χ0v) is 17.4. The molecule has 10 heteroatoms. The number of hydrogen-bond acceptors (Lipinski definition) is 5. The van der Waals surface area contributed by atoms with Gasteiger partial charge >= 0.3 is 0 Å². The van der Waals surface area contributed by atoms with Crippen LogP contribution in [0.15, 0.2) is 59.8 Å². The molecule has 0 radical (unpaired) electrons. The van der Waals surface area contributed by atoms with Gasteiger partial charge in [-0.2, -0.15) is 9.61 Å². The molecule has 148 valence electrons. The smallest absolute Gasteiger partial charge is 0.263 e. The Balaban J connectivity index is 1.70. The van der Waals surface area contributed by atoms with Gasteiger partial charge in [0, 0.05) is 28.5 Å². The van der Waals surface area contributed by atoms with E-state index in [4.69, 9.17) is 28.9 Å². The van der Waals surface area contributed by atoms with Crippen LogP contribution >= 0.6 is 23.2 Å². The van der Waals surface area contributed by atoms with E-state index in [1.165, 1.54) is 18.2 Å². The van der Waals surface area contributed by atoms with Crippen LogP contribution in [0.4, 0.5) is 11.5 Å². The van der Waals surface area contributed by atoms with Crippen molar-refractivity contribution in [3.8, 4) is 11.1 Å². The fourth-order valence-corrected chi connectivity index (χ4v) is 4.83. The average Bonchev–Trinajstić information content (AvgIpc) is 3.14. The number of sulfonamides is 1. The van der Waals surface area contributed by atoms with Crippen molar-refractivity contribution >= 4 is 50.4 Å². The van der Waals surface area contributed by atoms with Gasteiger partial charge in [0.2, 0.25) is 0 Å². The van der Waals surface area contributed by atoms with Gasteiger partial charge in [-0.25, -0.2) is 13.4 Å². The van der Waals surface area contributed by atoms with Gasteiger partial charge in [-0.1, -0.05) is 29.3 Å². The molecule has 0 atom stereocenters. The van der Waals surface area contributed by atoms with Crippen LogP contribution in [0.3, 0.4) is 0 Å². The number of rotatable bonds is 4. The molecule has 4 rings (SSSR count). The molecule has 0 saturated heterocycles. The van der Waals surface area contributed by atoms with Gasteiger partial charge < -0.3 is 5.73 Å². The van der Waals surface area contributed by atoms with Crippen LogP contribution < -0.4 is 10.5 Å². The molecule has 29 heavy (non-hydrogen) atoms. The van der Waals surface area contributed by atoms with Gasteiger partial charge in [0.1, 0.15) is 10.7 Å². The van der Waals surface area contributed by atoms with Gasteiger partial charge in [0.25, 0.3) is 10.0 Å². The second kappa shape index (κ2) is 7.22. The van der Waals surface area contributed by atoms with E-state index in [-0.39, 0.29) is 14.9 Å². The van der Waals surface area contributed by atoms with Crippen LogP contribution in [0, 0.1) is 6.92 Å². The third-order valence-corrected chi connectivity index (χ3v) is 6.50. The minimum atomic E-state index is -3.91. The number of nitrogens with two attached hydrogens (primary N) is 1. The molecule has 0 saturated carbocycles. The third kappa shape index (κ3) is 3.62. The van der Waals surface area contributed by atoms with E-state index in [2.05, 4.69) is 14.8 Å². The highest BCUT2D eigenvalue weighted by Crippen LogP contribution is 2.32. The van der Waals surface area contributed by atoms with E-state index in [0.717, 1.165) is 11.1 Å². The van der Waals surface area contributed by atoms with Crippen molar-refractivity contribution < 1.29 is 8.42 Å². The summed E-state index contributed by atoms with van der Waals surface area (Å²) in [6, 6.07) is 11.1. The summed E-state index contributed by atoms with van der Waals surface area (Å²) >= 11 is 11.9. The average molecular weight is 448 g/mol. The van der Waals surface area contributed by atoms with Gasteiger partial charge in [-0.15, -0.1) is 0 Å². The predicted octanol–water partition coefficient (Wildman–Crippen LogP) is 4.39. The molecule has 4 aromatic rings. The molecule has 0 aliphatic rings. The van der Waals surface area contributed by atoms with Crippen LogP contribution in [0.5, 0.6) is 0 Å². The summed E-state index contributed by atoms with van der Waals surface area (Å²) < 4.78 is 29.5. The predicted molar refractivity (Wildman–Crippen MR) is 115 cm³/mol. The summed E-state index contributed by atoms with van der Waals surface area (Å²) in [6.45, 7) is 1.85. The van der Waals surface area contributed by atoms with Crippen molar-refractivity contribution in [2.24, 2.45) is 0 Å². The fraction of sp³-hybridized carbons (Fsp3) is 0.0526. The Hall–Kier alpha value is -2.81. The second-order valence-electron chi connectivity index (χ2n) is 6.37. The lowest BCUT2D eigenvalue weighted by Gasteiger charge is -2.13. The molecule has 3 N–H and O–H groups in total. The molecule has 0 unspecified atom stereocenters. The zero-order chi connectivity index (χ0) is 20.8. The van der Waals surface area contributed by atoms with Crippen molar-refractivity contribution in [3.05, 3.63) is 70.5 Å². The minimum Gasteiger partial charge on any atom is -0.383 e. The normalized spacial score (nSPS) is 11.7. The number of anilines is 2. The largest absolute Gasteiger partial charge is 0.383 e. The number of hydrogen-bond donors (Lipinski definition) is 2. The van der Waals surface area contributed by atoms with E-state index in [9.17, 15) is 8.42 Å². The second-order valence-corrected chi connectivity index (χ2v) is 8.86. The third-order valence-electron chi connectivity index (χ3n) is 4.40. The van der Waals surface area contributed by atoms with Gasteiger partial charge in [0.15, 0.2) is 5.65 Å². The number of benzene rings is 2. The zero-order valence-electron chi connectivity index (χ0n) is 15.1. The first kappa shape index (κ1) is 19.5. The number of nitrogens with one attached hydrogen (secondary N) is 1. The number of aryl methyl sites for hydroxylation is 1. The van der Waals surface area contributed by atoms with Crippen LogP contribution in [0.25, 0.3) is 16.8 Å². The van der Waals surface area contributed by atoms with Crippen molar-refractivity contribution in [1.29, 1.82) is 0 Å². The number of nitrogen functional groups attached to an aromatic ring is 1.